The van der Waals surface area contributed by atoms with Crippen LogP contribution in [0.15, 0.2) is 72.9 Å². The lowest BCUT2D eigenvalue weighted by molar-refractivity contribution is -0.136. The number of aromatic nitrogens is 1. The highest BCUT2D eigenvalue weighted by Gasteiger charge is 2.32. The van der Waals surface area contributed by atoms with Gasteiger partial charge >= 0.3 is 0 Å². The van der Waals surface area contributed by atoms with E-state index in [1.807, 2.05) is 48.7 Å². The predicted molar refractivity (Wildman–Crippen MR) is 104 cm³/mol. The van der Waals surface area contributed by atoms with Gasteiger partial charge in [0.15, 0.2) is 0 Å². The lowest BCUT2D eigenvalue weighted by Gasteiger charge is -2.37. The van der Waals surface area contributed by atoms with E-state index in [0.29, 0.717) is 18.8 Å². The van der Waals surface area contributed by atoms with Gasteiger partial charge in [-0.15, -0.1) is 0 Å². The van der Waals surface area contributed by atoms with E-state index in [1.165, 1.54) is 24.3 Å². The molecule has 0 saturated heterocycles. The molecule has 28 heavy (non-hydrogen) atoms. The second-order valence-electron chi connectivity index (χ2n) is 6.76. The average molecular weight is 377 g/mol. The number of carbonyl (C=O) groups excluding carboxylic acids is 2. The fourth-order valence-electron chi connectivity index (χ4n) is 3.62. The van der Waals surface area contributed by atoms with E-state index >= 15 is 0 Å². The highest BCUT2D eigenvalue weighted by atomic mass is 19.1. The van der Waals surface area contributed by atoms with Crippen LogP contribution in [-0.4, -0.2) is 27.8 Å². The first-order valence-corrected chi connectivity index (χ1v) is 9.17. The van der Waals surface area contributed by atoms with Crippen LogP contribution in [0.1, 0.15) is 23.7 Å². The fourth-order valence-corrected chi connectivity index (χ4v) is 3.62. The zero-order valence-corrected chi connectivity index (χ0v) is 15.2. The maximum atomic E-state index is 13.0. The molecule has 2 amide bonds. The van der Waals surface area contributed by atoms with Crippen LogP contribution < -0.4 is 5.32 Å². The van der Waals surface area contributed by atoms with Crippen molar-refractivity contribution in [3.63, 3.8) is 0 Å². The smallest absolute Gasteiger partial charge is 0.233 e. The van der Waals surface area contributed by atoms with Crippen LogP contribution >= 0.6 is 0 Å². The number of nitrogens with zero attached hydrogens (tertiary/aromatic N) is 2. The molecule has 1 aliphatic rings. The van der Waals surface area contributed by atoms with Gasteiger partial charge < -0.3 is 14.8 Å². The van der Waals surface area contributed by atoms with Gasteiger partial charge in [-0.1, -0.05) is 30.3 Å². The number of halogens is 1. The first kappa shape index (κ1) is 18.0. The van der Waals surface area contributed by atoms with E-state index in [1.54, 1.807) is 4.90 Å². The predicted octanol–water partition coefficient (Wildman–Crippen LogP) is 3.59. The van der Waals surface area contributed by atoms with E-state index < -0.39 is 5.91 Å². The number of hydrogen-bond donors (Lipinski definition) is 1. The van der Waals surface area contributed by atoms with Gasteiger partial charge in [0.25, 0.3) is 0 Å². The molecular weight excluding hydrogens is 357 g/mol. The third kappa shape index (κ3) is 3.67. The number of rotatable bonds is 4. The third-order valence-corrected chi connectivity index (χ3v) is 4.91. The van der Waals surface area contributed by atoms with Crippen LogP contribution in [0.3, 0.4) is 0 Å². The molecule has 0 radical (unpaired) electrons. The summed E-state index contributed by atoms with van der Waals surface area (Å²) < 4.78 is 15.1. The summed E-state index contributed by atoms with van der Waals surface area (Å²) in [6, 6.07) is 19.0. The van der Waals surface area contributed by atoms with Crippen LogP contribution in [0.25, 0.3) is 0 Å². The number of amides is 2. The molecule has 0 saturated carbocycles. The normalized spacial score (nSPS) is 15.8. The summed E-state index contributed by atoms with van der Waals surface area (Å²) in [6.07, 6.45) is 1.75. The zero-order chi connectivity index (χ0) is 19.5. The van der Waals surface area contributed by atoms with Crippen molar-refractivity contribution in [3.8, 4) is 0 Å². The number of fused-ring (bicyclic) bond motifs is 1. The lowest BCUT2D eigenvalue weighted by atomic mass is 9.99. The summed E-state index contributed by atoms with van der Waals surface area (Å²) in [4.78, 5) is 27.1. The minimum atomic E-state index is -0.413. The van der Waals surface area contributed by atoms with Gasteiger partial charge in [0.2, 0.25) is 11.8 Å². The summed E-state index contributed by atoms with van der Waals surface area (Å²) >= 11 is 0. The molecule has 0 spiro atoms. The van der Waals surface area contributed by atoms with Crippen molar-refractivity contribution in [1.82, 2.24) is 9.47 Å². The lowest BCUT2D eigenvalue weighted by Crippen LogP contribution is -2.43. The van der Waals surface area contributed by atoms with Crippen molar-refractivity contribution in [2.45, 2.75) is 19.0 Å². The molecule has 1 atom stereocenters. The van der Waals surface area contributed by atoms with Crippen LogP contribution in [0, 0.1) is 5.82 Å². The molecule has 1 aromatic heterocycles. The minimum absolute atomic E-state index is 0.226. The monoisotopic (exact) mass is 377 g/mol. The SMILES string of the molecule is O=C(CC(=O)N1CCn2cccc2[C@@H]1c1ccccc1)Nc1ccc(F)cc1. The van der Waals surface area contributed by atoms with E-state index in [-0.39, 0.29) is 24.2 Å². The van der Waals surface area contributed by atoms with Gasteiger partial charge in [0.05, 0.1) is 6.04 Å². The Morgan fingerprint density at radius 1 is 0.964 bits per heavy atom. The molecule has 5 nitrogen and oxygen atoms in total. The summed E-state index contributed by atoms with van der Waals surface area (Å²) in [5, 5.41) is 2.65. The Hall–Kier alpha value is -3.41. The number of nitrogens with one attached hydrogen (secondary N) is 1. The quantitative estimate of drug-likeness (QED) is 0.707. The van der Waals surface area contributed by atoms with Crippen LogP contribution in [0.4, 0.5) is 10.1 Å². The first-order valence-electron chi connectivity index (χ1n) is 9.17. The van der Waals surface area contributed by atoms with Crippen LogP contribution in [0.5, 0.6) is 0 Å². The molecule has 1 N–H and O–H groups in total. The summed E-state index contributed by atoms with van der Waals surface area (Å²) in [5.41, 5.74) is 2.51. The highest BCUT2D eigenvalue weighted by molar-refractivity contribution is 6.03. The number of anilines is 1. The average Bonchev–Trinajstić information content (AvgIpc) is 3.18. The van der Waals surface area contributed by atoms with Gasteiger partial charge in [-0.2, -0.15) is 0 Å². The standard InChI is InChI=1S/C22H20FN3O2/c23-17-8-10-18(11-9-17)24-20(27)15-21(28)26-14-13-25-12-4-7-19(25)22(26)16-5-2-1-3-6-16/h1-12,22H,13-15H2,(H,24,27)/t22-/m0/s1. The highest BCUT2D eigenvalue weighted by Crippen LogP contribution is 2.32. The fraction of sp³-hybridized carbons (Fsp3) is 0.182. The van der Waals surface area contributed by atoms with Crippen molar-refractivity contribution in [2.75, 3.05) is 11.9 Å². The Morgan fingerprint density at radius 3 is 2.46 bits per heavy atom. The molecule has 2 aromatic carbocycles. The molecule has 142 valence electrons. The number of benzene rings is 2. The van der Waals surface area contributed by atoms with Crippen LogP contribution in [0.2, 0.25) is 0 Å². The molecule has 0 fully saturated rings. The summed E-state index contributed by atoms with van der Waals surface area (Å²) in [7, 11) is 0. The second-order valence-corrected chi connectivity index (χ2v) is 6.76. The van der Waals surface area contributed by atoms with E-state index in [0.717, 1.165) is 11.3 Å². The summed E-state index contributed by atoms with van der Waals surface area (Å²) in [6.45, 7) is 1.22. The molecule has 0 bridgehead atoms. The van der Waals surface area contributed by atoms with Crippen molar-refractivity contribution in [2.24, 2.45) is 0 Å². The van der Waals surface area contributed by atoms with E-state index in [2.05, 4.69) is 9.88 Å². The van der Waals surface area contributed by atoms with Gasteiger partial charge in [-0.05, 0) is 42.0 Å². The maximum absolute atomic E-state index is 13.0. The molecule has 0 aliphatic carbocycles. The van der Waals surface area contributed by atoms with E-state index in [4.69, 9.17) is 0 Å². The Bertz CT molecular complexity index is 983. The Balaban J connectivity index is 1.52. The first-order chi connectivity index (χ1) is 13.6. The van der Waals surface area contributed by atoms with Gasteiger partial charge in [-0.3, -0.25) is 9.59 Å². The number of hydrogen-bond acceptors (Lipinski definition) is 2. The van der Waals surface area contributed by atoms with Crippen molar-refractivity contribution in [1.29, 1.82) is 0 Å². The number of carbonyl (C=O) groups is 2. The van der Waals surface area contributed by atoms with Crippen LogP contribution in [-0.2, 0) is 16.1 Å². The molecule has 2 heterocycles. The van der Waals surface area contributed by atoms with Gasteiger partial charge in [0, 0.05) is 30.7 Å². The molecule has 3 aromatic rings. The third-order valence-electron chi connectivity index (χ3n) is 4.91. The van der Waals surface area contributed by atoms with Crippen molar-refractivity contribution in [3.05, 3.63) is 90.0 Å². The second kappa shape index (κ2) is 7.68. The maximum Gasteiger partial charge on any atom is 0.233 e. The zero-order valence-electron chi connectivity index (χ0n) is 15.2. The van der Waals surface area contributed by atoms with Gasteiger partial charge in [-0.25, -0.2) is 4.39 Å². The largest absolute Gasteiger partial charge is 0.348 e. The van der Waals surface area contributed by atoms with E-state index in [9.17, 15) is 14.0 Å². The molecule has 0 unspecified atom stereocenters. The van der Waals surface area contributed by atoms with Crippen molar-refractivity contribution >= 4 is 17.5 Å². The molecular formula is C22H20FN3O2. The summed E-state index contributed by atoms with van der Waals surface area (Å²) in [5.74, 6) is -1.03. The van der Waals surface area contributed by atoms with Crippen molar-refractivity contribution < 1.29 is 14.0 Å². The Morgan fingerprint density at radius 2 is 1.71 bits per heavy atom. The topological polar surface area (TPSA) is 54.3 Å². The Labute approximate surface area is 162 Å². The van der Waals surface area contributed by atoms with Gasteiger partial charge in [0.1, 0.15) is 12.2 Å². The minimum Gasteiger partial charge on any atom is -0.348 e. The molecule has 4 rings (SSSR count). The molecule has 1 aliphatic heterocycles. The Kier molecular flexibility index (Phi) is 4.93. The molecule has 6 heteroatoms.